The van der Waals surface area contributed by atoms with Crippen molar-refractivity contribution in [3.05, 3.63) is 17.5 Å². The van der Waals surface area contributed by atoms with Crippen molar-refractivity contribution in [2.45, 2.75) is 79.2 Å². The Bertz CT molecular complexity index is 442. The zero-order valence-corrected chi connectivity index (χ0v) is 14.2. The lowest BCUT2D eigenvalue weighted by Gasteiger charge is -2.36. The molecule has 1 aromatic rings. The molecule has 1 amide bonds. The number of carbonyl (C=O) groups excluding carboxylic acids is 1. The van der Waals surface area contributed by atoms with Gasteiger partial charge in [0.2, 0.25) is 0 Å². The van der Waals surface area contributed by atoms with E-state index < -0.39 is 0 Å². The highest BCUT2D eigenvalue weighted by atomic mass is 16.5. The average Bonchev–Trinajstić information content (AvgIpc) is 2.94. The Morgan fingerprint density at radius 1 is 1.33 bits per heavy atom. The van der Waals surface area contributed by atoms with E-state index in [1.807, 2.05) is 6.92 Å². The van der Waals surface area contributed by atoms with Gasteiger partial charge in [0.1, 0.15) is 5.76 Å². The Labute approximate surface area is 128 Å². The summed E-state index contributed by atoms with van der Waals surface area (Å²) in [4.78, 5) is 12.3. The number of unbranched alkanes of at least 4 members (excludes halogenated alkanes) is 1. The van der Waals surface area contributed by atoms with E-state index in [-0.39, 0.29) is 17.4 Å². The lowest BCUT2D eigenvalue weighted by molar-refractivity contribution is 0.0869. The molecule has 0 bridgehead atoms. The number of aromatic nitrogens is 1. The Kier molecular flexibility index (Phi) is 6.93. The molecule has 2 atom stereocenters. The summed E-state index contributed by atoms with van der Waals surface area (Å²) in [7, 11) is 0. The minimum Gasteiger partial charge on any atom is -0.361 e. The van der Waals surface area contributed by atoms with E-state index in [2.05, 4.69) is 38.2 Å². The van der Waals surface area contributed by atoms with Crippen LogP contribution in [-0.2, 0) is 6.42 Å². The highest BCUT2D eigenvalue weighted by Crippen LogP contribution is 2.33. The summed E-state index contributed by atoms with van der Waals surface area (Å²) < 4.78 is 5.10. The van der Waals surface area contributed by atoms with Gasteiger partial charge in [-0.2, -0.15) is 0 Å². The van der Waals surface area contributed by atoms with Gasteiger partial charge in [0.05, 0.1) is 0 Å². The van der Waals surface area contributed by atoms with Crippen molar-refractivity contribution >= 4 is 5.91 Å². The van der Waals surface area contributed by atoms with Crippen LogP contribution >= 0.6 is 0 Å². The van der Waals surface area contributed by atoms with Crippen LogP contribution in [0.1, 0.15) is 83.0 Å². The van der Waals surface area contributed by atoms with Gasteiger partial charge >= 0.3 is 0 Å². The largest absolute Gasteiger partial charge is 0.361 e. The van der Waals surface area contributed by atoms with Gasteiger partial charge in [0.25, 0.3) is 5.91 Å². The Morgan fingerprint density at radius 3 is 2.57 bits per heavy atom. The molecular weight excluding hydrogens is 264 g/mol. The third-order valence-electron chi connectivity index (χ3n) is 4.46. The quantitative estimate of drug-likeness (QED) is 0.736. The summed E-state index contributed by atoms with van der Waals surface area (Å²) in [6.07, 6.45) is 6.51. The number of amides is 1. The van der Waals surface area contributed by atoms with Crippen LogP contribution in [0.4, 0.5) is 0 Å². The summed E-state index contributed by atoms with van der Waals surface area (Å²) in [5.74, 6) is 0.611. The van der Waals surface area contributed by atoms with E-state index in [1.54, 1.807) is 6.07 Å². The van der Waals surface area contributed by atoms with Crippen LogP contribution in [-0.4, -0.2) is 17.1 Å². The van der Waals surface area contributed by atoms with Crippen molar-refractivity contribution in [1.82, 2.24) is 10.5 Å². The first kappa shape index (κ1) is 17.7. The smallest absolute Gasteiger partial charge is 0.273 e. The number of nitrogens with zero attached hydrogens (tertiary/aromatic N) is 1. The van der Waals surface area contributed by atoms with E-state index in [0.717, 1.165) is 31.4 Å². The van der Waals surface area contributed by atoms with Crippen LogP contribution in [0.3, 0.4) is 0 Å². The first-order valence-corrected chi connectivity index (χ1v) is 8.23. The molecule has 0 aromatic carbocycles. The summed E-state index contributed by atoms with van der Waals surface area (Å²) >= 11 is 0. The molecule has 1 aromatic heterocycles. The zero-order chi connectivity index (χ0) is 15.9. The first-order valence-electron chi connectivity index (χ1n) is 8.23. The highest BCUT2D eigenvalue weighted by Gasteiger charge is 2.31. The minimum absolute atomic E-state index is 0.123. The van der Waals surface area contributed by atoms with Crippen molar-refractivity contribution in [3.63, 3.8) is 0 Å². The van der Waals surface area contributed by atoms with E-state index in [1.165, 1.54) is 12.8 Å². The Hall–Kier alpha value is -1.32. The van der Waals surface area contributed by atoms with Crippen LogP contribution in [0, 0.1) is 5.41 Å². The lowest BCUT2D eigenvalue weighted by Crippen LogP contribution is -2.44. The second-order valence-electron chi connectivity index (χ2n) is 6.23. The van der Waals surface area contributed by atoms with Gasteiger partial charge in [-0.15, -0.1) is 0 Å². The topological polar surface area (TPSA) is 55.1 Å². The van der Waals surface area contributed by atoms with E-state index in [4.69, 9.17) is 4.52 Å². The molecule has 0 saturated carbocycles. The maximum atomic E-state index is 12.3. The van der Waals surface area contributed by atoms with Gasteiger partial charge in [-0.1, -0.05) is 52.1 Å². The monoisotopic (exact) mass is 294 g/mol. The molecule has 0 aliphatic heterocycles. The SMILES string of the molecule is CCCCC(C)(CCC)C(C)NC(=O)c1cc(CC)on1. The Balaban J connectivity index is 2.71. The predicted octanol–water partition coefficient (Wildman–Crippen LogP) is 4.35. The molecule has 2 unspecified atom stereocenters. The molecule has 21 heavy (non-hydrogen) atoms. The normalized spacial score (nSPS) is 15.5. The molecule has 4 heteroatoms. The molecule has 1 heterocycles. The molecule has 1 rings (SSSR count). The molecule has 0 aliphatic rings. The van der Waals surface area contributed by atoms with Crippen LogP contribution < -0.4 is 5.32 Å². The second-order valence-corrected chi connectivity index (χ2v) is 6.23. The fourth-order valence-electron chi connectivity index (χ4n) is 2.74. The van der Waals surface area contributed by atoms with E-state index in [0.29, 0.717) is 5.69 Å². The summed E-state index contributed by atoms with van der Waals surface area (Å²) in [5, 5.41) is 6.95. The maximum Gasteiger partial charge on any atom is 0.273 e. The van der Waals surface area contributed by atoms with Crippen molar-refractivity contribution in [2.24, 2.45) is 5.41 Å². The molecule has 0 fully saturated rings. The fourth-order valence-corrected chi connectivity index (χ4v) is 2.74. The molecule has 0 aliphatic carbocycles. The van der Waals surface area contributed by atoms with Crippen molar-refractivity contribution in [1.29, 1.82) is 0 Å². The summed E-state index contributed by atoms with van der Waals surface area (Å²) in [6.45, 7) is 10.8. The highest BCUT2D eigenvalue weighted by molar-refractivity contribution is 5.92. The standard InChI is InChI=1S/C17H30N2O2/c1-6-9-11-17(5,10-7-2)13(4)18-16(20)15-12-14(8-3)21-19-15/h12-13H,6-11H2,1-5H3,(H,18,20). The molecule has 4 nitrogen and oxygen atoms in total. The number of hydrogen-bond donors (Lipinski definition) is 1. The Morgan fingerprint density at radius 2 is 2.05 bits per heavy atom. The van der Waals surface area contributed by atoms with Crippen molar-refractivity contribution in [2.75, 3.05) is 0 Å². The second kappa shape index (κ2) is 8.20. The minimum atomic E-state index is -0.134. The summed E-state index contributed by atoms with van der Waals surface area (Å²) in [6, 6.07) is 1.85. The van der Waals surface area contributed by atoms with Gasteiger partial charge in [-0.25, -0.2) is 0 Å². The molecule has 1 N–H and O–H groups in total. The lowest BCUT2D eigenvalue weighted by atomic mass is 9.75. The third kappa shape index (κ3) is 4.87. The number of aryl methyl sites for hydroxylation is 1. The van der Waals surface area contributed by atoms with Crippen LogP contribution in [0.25, 0.3) is 0 Å². The van der Waals surface area contributed by atoms with Gasteiger partial charge in [-0.3, -0.25) is 4.79 Å². The zero-order valence-electron chi connectivity index (χ0n) is 14.2. The first-order chi connectivity index (χ1) is 9.96. The van der Waals surface area contributed by atoms with Crippen LogP contribution in [0.5, 0.6) is 0 Å². The van der Waals surface area contributed by atoms with E-state index in [9.17, 15) is 4.79 Å². The number of rotatable bonds is 9. The average molecular weight is 294 g/mol. The molecule has 120 valence electrons. The van der Waals surface area contributed by atoms with Crippen LogP contribution in [0.15, 0.2) is 10.6 Å². The van der Waals surface area contributed by atoms with Gasteiger partial charge < -0.3 is 9.84 Å². The molecular formula is C17H30N2O2. The van der Waals surface area contributed by atoms with Gasteiger partial charge in [0.15, 0.2) is 5.69 Å². The van der Waals surface area contributed by atoms with Crippen molar-refractivity contribution in [3.8, 4) is 0 Å². The fraction of sp³-hybridized carbons (Fsp3) is 0.765. The number of carbonyl (C=O) groups is 1. The van der Waals surface area contributed by atoms with Gasteiger partial charge in [0, 0.05) is 18.5 Å². The predicted molar refractivity (Wildman–Crippen MR) is 85.3 cm³/mol. The maximum absolute atomic E-state index is 12.3. The third-order valence-corrected chi connectivity index (χ3v) is 4.46. The van der Waals surface area contributed by atoms with E-state index >= 15 is 0 Å². The summed E-state index contributed by atoms with van der Waals surface area (Å²) in [5.41, 5.74) is 0.519. The van der Waals surface area contributed by atoms with Crippen LogP contribution in [0.2, 0.25) is 0 Å². The number of nitrogens with one attached hydrogen (secondary N) is 1. The van der Waals surface area contributed by atoms with Gasteiger partial charge in [-0.05, 0) is 25.2 Å². The molecule has 0 saturated heterocycles. The number of hydrogen-bond acceptors (Lipinski definition) is 3. The molecule has 0 radical (unpaired) electrons. The van der Waals surface area contributed by atoms with Crippen molar-refractivity contribution < 1.29 is 9.32 Å². The molecule has 0 spiro atoms.